The highest BCUT2D eigenvalue weighted by molar-refractivity contribution is 6.19. The highest BCUT2D eigenvalue weighted by Gasteiger charge is 2.26. The van der Waals surface area contributed by atoms with Gasteiger partial charge in [-0.25, -0.2) is 4.99 Å². The summed E-state index contributed by atoms with van der Waals surface area (Å²) in [7, 11) is 0. The van der Waals surface area contributed by atoms with Gasteiger partial charge >= 0.3 is 0 Å². The first-order valence-electron chi connectivity index (χ1n) is 19.2. The van der Waals surface area contributed by atoms with Crippen LogP contribution in [0, 0.1) is 0 Å². The molecule has 8 aromatic carbocycles. The molecule has 0 radical (unpaired) electrons. The topological polar surface area (TPSA) is 46.3 Å². The van der Waals surface area contributed by atoms with E-state index in [-0.39, 0.29) is 12.3 Å². The summed E-state index contributed by atoms with van der Waals surface area (Å²) < 4.78 is 4.85. The summed E-state index contributed by atoms with van der Waals surface area (Å²) in [5.74, 6) is 0.870. The molecule has 5 nitrogen and oxygen atoms in total. The van der Waals surface area contributed by atoms with Crippen LogP contribution in [0.3, 0.4) is 0 Å². The van der Waals surface area contributed by atoms with E-state index in [1.54, 1.807) is 0 Å². The van der Waals surface area contributed by atoms with Crippen molar-refractivity contribution in [1.29, 1.82) is 0 Å². The van der Waals surface area contributed by atoms with Gasteiger partial charge in [0.15, 0.2) is 0 Å². The molecule has 2 N–H and O–H groups in total. The van der Waals surface area contributed by atoms with E-state index in [0.29, 0.717) is 0 Å². The van der Waals surface area contributed by atoms with Crippen molar-refractivity contribution >= 4 is 49.4 Å². The predicted octanol–water partition coefficient (Wildman–Crippen LogP) is 11.9. The van der Waals surface area contributed by atoms with Gasteiger partial charge in [-0.15, -0.1) is 0 Å². The Morgan fingerprint density at radius 2 is 0.946 bits per heavy atom. The summed E-state index contributed by atoms with van der Waals surface area (Å²) in [6.45, 7) is 0. The summed E-state index contributed by atoms with van der Waals surface area (Å²) in [5.41, 5.74) is 12.6. The molecule has 0 aliphatic carbocycles. The Labute approximate surface area is 324 Å². The van der Waals surface area contributed by atoms with Gasteiger partial charge < -0.3 is 14.5 Å². The van der Waals surface area contributed by atoms with Crippen molar-refractivity contribution in [2.45, 2.75) is 12.3 Å². The third-order valence-corrected chi connectivity index (χ3v) is 11.2. The van der Waals surface area contributed by atoms with E-state index in [4.69, 9.17) is 4.99 Å². The molecule has 1 aliphatic heterocycles. The van der Waals surface area contributed by atoms with Crippen LogP contribution >= 0.6 is 0 Å². The molecule has 10 aromatic rings. The molecule has 0 saturated carbocycles. The van der Waals surface area contributed by atoms with E-state index in [2.05, 4.69) is 214 Å². The number of nitrogens with one attached hydrogen (secondary N) is 2. The third-order valence-electron chi connectivity index (χ3n) is 11.2. The minimum absolute atomic E-state index is 0.118. The fraction of sp³-hybridized carbons (Fsp3) is 0.0392. The first-order chi connectivity index (χ1) is 27.8. The van der Waals surface area contributed by atoms with Crippen molar-refractivity contribution < 1.29 is 0 Å². The minimum Gasteiger partial charge on any atom is -0.350 e. The Balaban J connectivity index is 1.15. The van der Waals surface area contributed by atoms with Crippen LogP contribution in [0.2, 0.25) is 0 Å². The Kier molecular flexibility index (Phi) is 7.64. The van der Waals surface area contributed by atoms with Gasteiger partial charge in [0, 0.05) is 38.5 Å². The van der Waals surface area contributed by atoms with Gasteiger partial charge in [-0.05, 0) is 70.8 Å². The van der Waals surface area contributed by atoms with Crippen LogP contribution < -0.4 is 10.6 Å². The fourth-order valence-corrected chi connectivity index (χ4v) is 8.55. The summed E-state index contributed by atoms with van der Waals surface area (Å²) in [6, 6.07) is 71.7. The van der Waals surface area contributed by atoms with Crippen molar-refractivity contribution in [3.63, 3.8) is 0 Å². The number of nitrogens with zero attached hydrogens (tertiary/aromatic N) is 3. The molecule has 3 heterocycles. The molecule has 11 rings (SSSR count). The van der Waals surface area contributed by atoms with E-state index in [1.165, 1.54) is 43.7 Å². The summed E-state index contributed by atoms with van der Waals surface area (Å²) in [6.07, 6.45) is -0.399. The zero-order valence-corrected chi connectivity index (χ0v) is 30.5. The first-order valence-corrected chi connectivity index (χ1v) is 19.2. The number of benzene rings is 8. The number of fused-ring (bicyclic) bond motifs is 6. The van der Waals surface area contributed by atoms with Gasteiger partial charge in [-0.3, -0.25) is 5.32 Å². The molecule has 266 valence electrons. The number of amidine groups is 1. The van der Waals surface area contributed by atoms with Gasteiger partial charge in [0.05, 0.1) is 22.1 Å². The molecule has 5 heteroatoms. The van der Waals surface area contributed by atoms with E-state index < -0.39 is 0 Å². The van der Waals surface area contributed by atoms with Crippen molar-refractivity contribution in [3.8, 4) is 22.5 Å². The van der Waals surface area contributed by atoms with E-state index in [1.807, 2.05) is 6.07 Å². The van der Waals surface area contributed by atoms with Crippen LogP contribution in [0.4, 0.5) is 0 Å². The van der Waals surface area contributed by atoms with E-state index in [9.17, 15) is 0 Å². The Hall–Kier alpha value is -7.21. The van der Waals surface area contributed by atoms with Gasteiger partial charge in [0.25, 0.3) is 0 Å². The Bertz CT molecular complexity index is 3070. The number of rotatable bonds is 6. The van der Waals surface area contributed by atoms with Crippen molar-refractivity contribution in [2.24, 2.45) is 4.99 Å². The lowest BCUT2D eigenvalue weighted by atomic mass is 10.0. The fourth-order valence-electron chi connectivity index (χ4n) is 8.55. The van der Waals surface area contributed by atoms with Crippen LogP contribution in [0.15, 0.2) is 205 Å². The lowest BCUT2D eigenvalue weighted by molar-refractivity contribution is 0.409. The average molecular weight is 720 g/mol. The van der Waals surface area contributed by atoms with Crippen LogP contribution in [-0.4, -0.2) is 15.0 Å². The Morgan fingerprint density at radius 3 is 1.70 bits per heavy atom. The zero-order chi connectivity index (χ0) is 37.0. The number of hydrogen-bond acceptors (Lipinski definition) is 3. The second-order valence-corrected chi connectivity index (χ2v) is 14.5. The highest BCUT2D eigenvalue weighted by atomic mass is 15.3. The maximum absolute atomic E-state index is 5.29. The number of para-hydroxylation sites is 2. The van der Waals surface area contributed by atoms with Crippen molar-refractivity contribution in [1.82, 2.24) is 19.8 Å². The van der Waals surface area contributed by atoms with Gasteiger partial charge in [-0.2, -0.15) is 0 Å². The average Bonchev–Trinajstić information content (AvgIpc) is 3.78. The molecular formula is C51H37N5. The van der Waals surface area contributed by atoms with Crippen molar-refractivity contribution in [2.75, 3.05) is 0 Å². The van der Waals surface area contributed by atoms with Crippen LogP contribution in [0.1, 0.15) is 29.0 Å². The molecule has 1 aliphatic rings. The second-order valence-electron chi connectivity index (χ2n) is 14.5. The lowest BCUT2D eigenvalue weighted by Gasteiger charge is -2.32. The highest BCUT2D eigenvalue weighted by Crippen LogP contribution is 2.41. The third kappa shape index (κ3) is 5.40. The maximum Gasteiger partial charge on any atom is 0.131 e. The summed E-state index contributed by atoms with van der Waals surface area (Å²) in [5, 5.41) is 12.4. The molecule has 2 atom stereocenters. The molecule has 0 amide bonds. The lowest BCUT2D eigenvalue weighted by Crippen LogP contribution is -2.44. The normalized spacial score (nSPS) is 15.7. The monoisotopic (exact) mass is 719 g/mol. The van der Waals surface area contributed by atoms with Crippen molar-refractivity contribution in [3.05, 3.63) is 217 Å². The SMILES string of the molecule is c1ccc(C2=NC(c3cccc(-n4c5cc(-c6ccccc6)ccc5c5cc6c7ccccc7n(-c7ccccc7)c6cc54)c3)NC(c3ccccc3)N2)cc1. The largest absolute Gasteiger partial charge is 0.350 e. The Morgan fingerprint density at radius 1 is 0.375 bits per heavy atom. The van der Waals surface area contributed by atoms with E-state index >= 15 is 0 Å². The quantitative estimate of drug-likeness (QED) is 0.180. The molecule has 0 fully saturated rings. The molecule has 0 bridgehead atoms. The first kappa shape index (κ1) is 32.2. The van der Waals surface area contributed by atoms with Gasteiger partial charge in [0.2, 0.25) is 0 Å². The molecule has 56 heavy (non-hydrogen) atoms. The maximum atomic E-state index is 5.29. The molecule has 0 saturated heterocycles. The molecule has 2 unspecified atom stereocenters. The zero-order valence-electron chi connectivity index (χ0n) is 30.5. The van der Waals surface area contributed by atoms with E-state index in [0.717, 1.165) is 44.9 Å². The molecule has 0 spiro atoms. The van der Waals surface area contributed by atoms with Crippen LogP contribution in [0.25, 0.3) is 66.1 Å². The standard InChI is InChI=1S/C51H37N5/c1-5-16-34(17-6-1)37-28-29-42-44-32-43-41-26-13-14-27-45(41)55(39-23-11-4-12-24-39)47(43)33-48(44)56(46(42)31-37)40-25-15-22-38(30-40)51-53-49(35-18-7-2-8-19-35)52-50(54-51)36-20-9-3-10-21-36/h1-33,49,51,53H,(H,52,54). The van der Waals surface area contributed by atoms with Gasteiger partial charge in [-0.1, -0.05) is 152 Å². The van der Waals surface area contributed by atoms with Gasteiger partial charge in [0.1, 0.15) is 18.2 Å². The second kappa shape index (κ2) is 13.3. The predicted molar refractivity (Wildman–Crippen MR) is 232 cm³/mol. The number of hydrogen-bond donors (Lipinski definition) is 2. The number of aromatic nitrogens is 2. The minimum atomic E-state index is -0.281. The smallest absolute Gasteiger partial charge is 0.131 e. The number of aliphatic imine (C=N–C) groups is 1. The summed E-state index contributed by atoms with van der Waals surface area (Å²) in [4.78, 5) is 5.29. The van der Waals surface area contributed by atoms with Crippen LogP contribution in [-0.2, 0) is 0 Å². The molecular weight excluding hydrogens is 683 g/mol. The summed E-state index contributed by atoms with van der Waals surface area (Å²) >= 11 is 0. The molecule has 2 aromatic heterocycles. The van der Waals surface area contributed by atoms with Crippen LogP contribution in [0.5, 0.6) is 0 Å².